The van der Waals surface area contributed by atoms with Gasteiger partial charge in [0.15, 0.2) is 0 Å². The van der Waals surface area contributed by atoms with Crippen molar-refractivity contribution in [1.29, 1.82) is 0 Å². The zero-order valence-corrected chi connectivity index (χ0v) is 9.03. The molecule has 0 spiro atoms. The molecule has 0 saturated heterocycles. The predicted molar refractivity (Wildman–Crippen MR) is 48.4 cm³/mol. The molecule has 1 aliphatic rings. The summed E-state index contributed by atoms with van der Waals surface area (Å²) in [6, 6.07) is 0. The van der Waals surface area contributed by atoms with Gasteiger partial charge in [0.05, 0.1) is 0 Å². The van der Waals surface area contributed by atoms with Gasteiger partial charge < -0.3 is 9.80 Å². The van der Waals surface area contributed by atoms with E-state index in [2.05, 4.69) is 0 Å². The van der Waals surface area contributed by atoms with E-state index in [1.807, 2.05) is 0 Å². The molecule has 0 bridgehead atoms. The van der Waals surface area contributed by atoms with Crippen LogP contribution in [0.3, 0.4) is 0 Å². The topological polar surface area (TPSA) is 6.48 Å². The van der Waals surface area contributed by atoms with Crippen molar-refractivity contribution in [2.24, 2.45) is 0 Å². The Hall–Kier alpha value is -0.870. The van der Waals surface area contributed by atoms with Crippen molar-refractivity contribution in [3.63, 3.8) is 0 Å². The molecule has 0 aliphatic carbocycles. The van der Waals surface area contributed by atoms with Gasteiger partial charge >= 0.3 is 6.18 Å². The lowest BCUT2D eigenvalue weighted by Gasteiger charge is -2.42. The number of allylic oxidation sites excluding steroid dienone is 2. The Bertz CT molecular complexity index is 262. The quantitative estimate of drug-likeness (QED) is 0.603. The summed E-state index contributed by atoms with van der Waals surface area (Å²) in [5.74, 6) is 0. The van der Waals surface area contributed by atoms with Crippen LogP contribution in [0.5, 0.6) is 0 Å². The molecule has 0 unspecified atom stereocenters. The largest absolute Gasteiger partial charge is 0.430 e. The fourth-order valence-corrected chi connectivity index (χ4v) is 1.74. The maximum atomic E-state index is 12.9. The van der Waals surface area contributed by atoms with Crippen molar-refractivity contribution in [3.8, 4) is 0 Å². The van der Waals surface area contributed by atoms with Gasteiger partial charge in [-0.25, -0.2) is 0 Å². The molecule has 0 N–H and O–H groups in total. The number of rotatable bonds is 0. The van der Waals surface area contributed by atoms with Crippen LogP contribution in [0.1, 0.15) is 20.8 Å². The summed E-state index contributed by atoms with van der Waals surface area (Å²) in [6.45, 7) is 4.58. The van der Waals surface area contributed by atoms with Gasteiger partial charge in [0.2, 0.25) is 5.66 Å². The van der Waals surface area contributed by atoms with Crippen LogP contribution in [0.15, 0.2) is 11.4 Å². The van der Waals surface area contributed by atoms with Crippen LogP contribution in [-0.2, 0) is 0 Å². The number of halogens is 3. The molecular weight excluding hydrogens is 193 g/mol. The molecule has 1 aliphatic heterocycles. The second kappa shape index (κ2) is 2.81. The highest BCUT2D eigenvalue weighted by molar-refractivity contribution is 5.21. The number of hydrogen-bond acceptors (Lipinski definition) is 2. The minimum Gasteiger partial charge on any atom is -0.347 e. The summed E-state index contributed by atoms with van der Waals surface area (Å²) in [5, 5.41) is 0. The van der Waals surface area contributed by atoms with Crippen LogP contribution in [0.2, 0.25) is 0 Å². The molecule has 0 amide bonds. The van der Waals surface area contributed by atoms with Gasteiger partial charge in [-0.05, 0) is 20.8 Å². The Morgan fingerprint density at radius 1 is 1.00 bits per heavy atom. The molecule has 2 nitrogen and oxygen atoms in total. The summed E-state index contributed by atoms with van der Waals surface area (Å²) >= 11 is 0. The van der Waals surface area contributed by atoms with Gasteiger partial charge in [-0.3, -0.25) is 0 Å². The third-order valence-electron chi connectivity index (χ3n) is 3.37. The molecule has 0 saturated carbocycles. The van der Waals surface area contributed by atoms with Gasteiger partial charge in [0.25, 0.3) is 0 Å². The maximum absolute atomic E-state index is 12.9. The van der Waals surface area contributed by atoms with Crippen molar-refractivity contribution < 1.29 is 13.2 Å². The Kier molecular flexibility index (Phi) is 2.25. The molecule has 1 heterocycles. The van der Waals surface area contributed by atoms with E-state index < -0.39 is 11.8 Å². The van der Waals surface area contributed by atoms with Crippen LogP contribution < -0.4 is 0 Å². The van der Waals surface area contributed by atoms with E-state index in [0.29, 0.717) is 11.4 Å². The zero-order chi connectivity index (χ0) is 11.3. The van der Waals surface area contributed by atoms with Gasteiger partial charge in [0.1, 0.15) is 0 Å². The molecule has 14 heavy (non-hydrogen) atoms. The first kappa shape index (κ1) is 11.2. The monoisotopic (exact) mass is 208 g/mol. The van der Waals surface area contributed by atoms with Crippen molar-refractivity contribution >= 4 is 0 Å². The minimum absolute atomic E-state index is 0.660. The summed E-state index contributed by atoms with van der Waals surface area (Å²) in [7, 11) is 2.94. The third kappa shape index (κ3) is 1.11. The molecule has 0 atom stereocenters. The average molecular weight is 208 g/mol. The van der Waals surface area contributed by atoms with Crippen molar-refractivity contribution in [3.05, 3.63) is 11.4 Å². The van der Waals surface area contributed by atoms with E-state index in [4.69, 9.17) is 0 Å². The van der Waals surface area contributed by atoms with Crippen molar-refractivity contribution in [1.82, 2.24) is 9.80 Å². The van der Waals surface area contributed by atoms with Gasteiger partial charge in [0, 0.05) is 25.5 Å². The zero-order valence-electron chi connectivity index (χ0n) is 9.03. The second-order valence-corrected chi connectivity index (χ2v) is 3.81. The molecule has 0 radical (unpaired) electrons. The molecule has 5 heteroatoms. The average Bonchev–Trinajstić information content (AvgIpc) is 2.21. The number of alkyl halides is 3. The van der Waals surface area contributed by atoms with Crippen LogP contribution in [0, 0.1) is 0 Å². The second-order valence-electron chi connectivity index (χ2n) is 3.81. The van der Waals surface area contributed by atoms with Crippen LogP contribution in [0.25, 0.3) is 0 Å². The smallest absolute Gasteiger partial charge is 0.347 e. The summed E-state index contributed by atoms with van der Waals surface area (Å²) < 4.78 is 38.6. The van der Waals surface area contributed by atoms with E-state index in [9.17, 15) is 13.2 Å². The predicted octanol–water partition coefficient (Wildman–Crippen LogP) is 2.39. The lowest BCUT2D eigenvalue weighted by molar-refractivity contribution is -0.248. The molecule has 0 aromatic heterocycles. The summed E-state index contributed by atoms with van der Waals surface area (Å²) in [6.07, 6.45) is -4.27. The Labute approximate surface area is 82.0 Å². The highest BCUT2D eigenvalue weighted by atomic mass is 19.4. The maximum Gasteiger partial charge on any atom is 0.430 e. The molecule has 82 valence electrons. The normalized spacial score (nSPS) is 22.3. The SMILES string of the molecule is CC1=C(C)N(C)C(C)(C(F)(F)F)N1C. The van der Waals surface area contributed by atoms with E-state index in [0.717, 1.165) is 0 Å². The lowest BCUT2D eigenvalue weighted by Crippen LogP contribution is -2.59. The summed E-state index contributed by atoms with van der Waals surface area (Å²) in [4.78, 5) is 2.53. The first-order chi connectivity index (χ1) is 6.14. The fraction of sp³-hybridized carbons (Fsp3) is 0.778. The van der Waals surface area contributed by atoms with Crippen LogP contribution in [-0.4, -0.2) is 35.7 Å². The molecule has 0 fully saturated rings. The first-order valence-electron chi connectivity index (χ1n) is 4.36. The summed E-state index contributed by atoms with van der Waals surface area (Å²) in [5.41, 5.74) is -0.596. The molecule has 0 aromatic carbocycles. The van der Waals surface area contributed by atoms with Gasteiger partial charge in [-0.1, -0.05) is 0 Å². The van der Waals surface area contributed by atoms with Crippen molar-refractivity contribution in [2.45, 2.75) is 32.6 Å². The van der Waals surface area contributed by atoms with E-state index >= 15 is 0 Å². The van der Waals surface area contributed by atoms with Crippen molar-refractivity contribution in [2.75, 3.05) is 14.1 Å². The van der Waals surface area contributed by atoms with E-state index in [-0.39, 0.29) is 0 Å². The fourth-order valence-electron chi connectivity index (χ4n) is 1.74. The third-order valence-corrected chi connectivity index (χ3v) is 3.37. The van der Waals surface area contributed by atoms with Crippen LogP contribution >= 0.6 is 0 Å². The first-order valence-corrected chi connectivity index (χ1v) is 4.36. The number of nitrogens with zero attached hydrogens (tertiary/aromatic N) is 2. The molecule has 0 aromatic rings. The lowest BCUT2D eigenvalue weighted by atomic mass is 10.1. The van der Waals surface area contributed by atoms with Gasteiger partial charge in [-0.2, -0.15) is 13.2 Å². The van der Waals surface area contributed by atoms with E-state index in [1.165, 1.54) is 30.8 Å². The Morgan fingerprint density at radius 3 is 1.43 bits per heavy atom. The molecular formula is C9H15F3N2. The highest BCUT2D eigenvalue weighted by Crippen LogP contribution is 2.44. The van der Waals surface area contributed by atoms with E-state index in [1.54, 1.807) is 13.8 Å². The molecule has 1 rings (SSSR count). The minimum atomic E-state index is -4.27. The Morgan fingerprint density at radius 2 is 1.29 bits per heavy atom. The number of hydrogen-bond donors (Lipinski definition) is 0. The van der Waals surface area contributed by atoms with Gasteiger partial charge in [-0.15, -0.1) is 0 Å². The van der Waals surface area contributed by atoms with Crippen LogP contribution in [0.4, 0.5) is 13.2 Å². The Balaban J connectivity index is 3.19. The standard InChI is InChI=1S/C9H15F3N2/c1-6-7(2)14(5)8(3,13(6)4)9(10,11)12/h1-5H3. The highest BCUT2D eigenvalue weighted by Gasteiger charge is 2.60.